The third kappa shape index (κ3) is 5.52. The number of aliphatic imine (C=N–C) groups is 1. The van der Waals surface area contributed by atoms with Gasteiger partial charge in [-0.25, -0.2) is 9.79 Å². The van der Waals surface area contributed by atoms with Crippen LogP contribution < -0.4 is 9.47 Å². The van der Waals surface area contributed by atoms with Crippen molar-refractivity contribution in [3.63, 3.8) is 0 Å². The zero-order valence-electron chi connectivity index (χ0n) is 18.6. The fourth-order valence-corrected chi connectivity index (χ4v) is 4.22. The van der Waals surface area contributed by atoms with Crippen LogP contribution in [0.5, 0.6) is 11.5 Å². The zero-order valence-corrected chi connectivity index (χ0v) is 20.9. The molecular weight excluding hydrogens is 540 g/mol. The summed E-state index contributed by atoms with van der Waals surface area (Å²) in [5, 5.41) is 11.7. The van der Waals surface area contributed by atoms with E-state index in [2.05, 4.69) is 20.9 Å². The van der Waals surface area contributed by atoms with E-state index in [-0.39, 0.29) is 23.9 Å². The minimum atomic E-state index is -0.632. The lowest BCUT2D eigenvalue weighted by atomic mass is 10.1. The van der Waals surface area contributed by atoms with E-state index in [0.29, 0.717) is 37.7 Å². The summed E-state index contributed by atoms with van der Waals surface area (Å²) < 4.78 is 17.3. The topological polar surface area (TPSA) is 100 Å². The number of carbonyl (C=O) groups excluding carboxylic acids is 1. The Bertz CT molecular complexity index is 1400. The van der Waals surface area contributed by atoms with Crippen LogP contribution in [0.25, 0.3) is 6.08 Å². The second kappa shape index (κ2) is 10.3. The van der Waals surface area contributed by atoms with Gasteiger partial charge in [0.25, 0.3) is 5.69 Å². The van der Waals surface area contributed by atoms with Gasteiger partial charge in [0.1, 0.15) is 6.61 Å². The molecular formula is C25H18BrClN2O6. The molecule has 0 fully saturated rings. The number of carbonyl (C=O) groups is 1. The van der Waals surface area contributed by atoms with E-state index in [4.69, 9.17) is 25.8 Å². The molecule has 1 aliphatic heterocycles. The minimum Gasteiger partial charge on any atom is -0.493 e. The molecule has 0 aromatic heterocycles. The number of cyclic esters (lactones) is 1. The van der Waals surface area contributed by atoms with Crippen molar-refractivity contribution in [3.8, 4) is 11.5 Å². The normalized spacial score (nSPS) is 14.0. The smallest absolute Gasteiger partial charge is 0.363 e. The number of nitrogens with zero attached hydrogens (tertiary/aromatic N) is 2. The van der Waals surface area contributed by atoms with E-state index in [1.54, 1.807) is 37.3 Å². The van der Waals surface area contributed by atoms with Gasteiger partial charge in [-0.1, -0.05) is 23.7 Å². The van der Waals surface area contributed by atoms with Gasteiger partial charge in [-0.15, -0.1) is 0 Å². The number of ether oxygens (including phenoxy) is 3. The molecule has 3 aromatic rings. The Morgan fingerprint density at radius 3 is 2.69 bits per heavy atom. The summed E-state index contributed by atoms with van der Waals surface area (Å²) >= 11 is 9.53. The maximum atomic E-state index is 12.4. The number of methoxy groups -OCH3 is 1. The molecule has 0 saturated heterocycles. The summed E-state index contributed by atoms with van der Waals surface area (Å²) in [5.41, 5.74) is 2.48. The van der Waals surface area contributed by atoms with Gasteiger partial charge in [0.2, 0.25) is 5.90 Å². The fourth-order valence-electron chi connectivity index (χ4n) is 3.43. The van der Waals surface area contributed by atoms with E-state index in [9.17, 15) is 14.9 Å². The molecule has 0 aliphatic carbocycles. The predicted molar refractivity (Wildman–Crippen MR) is 135 cm³/mol. The summed E-state index contributed by atoms with van der Waals surface area (Å²) in [4.78, 5) is 27.3. The number of halogens is 2. The highest BCUT2D eigenvalue weighted by Crippen LogP contribution is 2.38. The standard InChI is InChI=1S/C25H18BrClN2O6/c1-14-8-17(6-7-21(14)29(31)32)24-28-20(25(30)35-24)11-16-10-19(26)23(22(12-16)33-2)34-13-15-4-3-5-18(27)9-15/h3-12H,13H2,1-2H3/b20-11-. The van der Waals surface area contributed by atoms with Crippen molar-refractivity contribution in [1.82, 2.24) is 0 Å². The molecule has 3 aromatic carbocycles. The Balaban J connectivity index is 1.59. The maximum Gasteiger partial charge on any atom is 0.363 e. The van der Waals surface area contributed by atoms with E-state index in [1.807, 2.05) is 18.2 Å². The fraction of sp³-hybridized carbons (Fsp3) is 0.120. The number of nitro benzene ring substituents is 1. The van der Waals surface area contributed by atoms with Crippen molar-refractivity contribution in [1.29, 1.82) is 0 Å². The molecule has 1 heterocycles. The Kier molecular flexibility index (Phi) is 7.18. The number of aryl methyl sites for hydroxylation is 1. The lowest BCUT2D eigenvalue weighted by Gasteiger charge is -2.14. The molecule has 0 bridgehead atoms. The van der Waals surface area contributed by atoms with Crippen molar-refractivity contribution in [2.75, 3.05) is 7.11 Å². The molecule has 8 nitrogen and oxygen atoms in total. The van der Waals surface area contributed by atoms with Gasteiger partial charge in [0, 0.05) is 22.2 Å². The molecule has 178 valence electrons. The van der Waals surface area contributed by atoms with Crippen LogP contribution in [-0.4, -0.2) is 23.9 Å². The Morgan fingerprint density at radius 2 is 2.00 bits per heavy atom. The SMILES string of the molecule is COc1cc(/C=C2\N=C(c3ccc([N+](=O)[O-])c(C)c3)OC2=O)cc(Br)c1OCc1cccc(Cl)c1. The van der Waals surface area contributed by atoms with Crippen LogP contribution in [0.3, 0.4) is 0 Å². The summed E-state index contributed by atoms with van der Waals surface area (Å²) in [6.07, 6.45) is 1.56. The first-order valence-electron chi connectivity index (χ1n) is 10.3. The van der Waals surface area contributed by atoms with Gasteiger partial charge in [0.15, 0.2) is 17.2 Å². The predicted octanol–water partition coefficient (Wildman–Crippen LogP) is 6.25. The van der Waals surface area contributed by atoms with E-state index in [1.165, 1.54) is 19.2 Å². The number of esters is 1. The van der Waals surface area contributed by atoms with E-state index < -0.39 is 10.9 Å². The van der Waals surface area contributed by atoms with Crippen LogP contribution in [0.4, 0.5) is 5.69 Å². The van der Waals surface area contributed by atoms with Gasteiger partial charge < -0.3 is 14.2 Å². The van der Waals surface area contributed by atoms with Crippen LogP contribution in [0.2, 0.25) is 5.02 Å². The van der Waals surface area contributed by atoms with Crippen LogP contribution in [0.15, 0.2) is 69.8 Å². The van der Waals surface area contributed by atoms with Crippen molar-refractivity contribution in [2.24, 2.45) is 4.99 Å². The molecule has 10 heteroatoms. The molecule has 0 spiro atoms. The third-order valence-electron chi connectivity index (χ3n) is 5.09. The largest absolute Gasteiger partial charge is 0.493 e. The molecule has 0 radical (unpaired) electrons. The molecule has 4 rings (SSSR count). The molecule has 35 heavy (non-hydrogen) atoms. The molecule has 0 saturated carbocycles. The van der Waals surface area contributed by atoms with Gasteiger partial charge in [0.05, 0.1) is 16.5 Å². The molecule has 0 unspecified atom stereocenters. The second-order valence-corrected chi connectivity index (χ2v) is 8.84. The number of benzene rings is 3. The van der Waals surface area contributed by atoms with Crippen LogP contribution in [0, 0.1) is 17.0 Å². The van der Waals surface area contributed by atoms with E-state index in [0.717, 1.165) is 5.56 Å². The molecule has 0 N–H and O–H groups in total. The minimum absolute atomic E-state index is 0.0240. The summed E-state index contributed by atoms with van der Waals surface area (Å²) in [7, 11) is 1.52. The van der Waals surface area contributed by atoms with Crippen molar-refractivity contribution in [2.45, 2.75) is 13.5 Å². The van der Waals surface area contributed by atoms with Crippen molar-refractivity contribution < 1.29 is 23.9 Å². The third-order valence-corrected chi connectivity index (χ3v) is 5.91. The first-order chi connectivity index (χ1) is 16.7. The quantitative estimate of drug-likeness (QED) is 0.147. The highest BCUT2D eigenvalue weighted by atomic mass is 79.9. The van der Waals surface area contributed by atoms with Crippen molar-refractivity contribution in [3.05, 3.63) is 102 Å². The van der Waals surface area contributed by atoms with Crippen LogP contribution in [0.1, 0.15) is 22.3 Å². The first-order valence-corrected chi connectivity index (χ1v) is 11.4. The van der Waals surface area contributed by atoms with Crippen molar-refractivity contribution >= 4 is 51.2 Å². The van der Waals surface area contributed by atoms with E-state index >= 15 is 0 Å². The highest BCUT2D eigenvalue weighted by Gasteiger charge is 2.25. The zero-order chi connectivity index (χ0) is 25.1. The first kappa shape index (κ1) is 24.4. The van der Waals surface area contributed by atoms with Gasteiger partial charge in [-0.05, 0) is 76.5 Å². The second-order valence-electron chi connectivity index (χ2n) is 7.55. The van der Waals surface area contributed by atoms with Gasteiger partial charge in [-0.2, -0.15) is 0 Å². The Hall–Kier alpha value is -3.69. The summed E-state index contributed by atoms with van der Waals surface area (Å²) in [6.45, 7) is 1.89. The molecule has 0 amide bonds. The Morgan fingerprint density at radius 1 is 1.20 bits per heavy atom. The average molecular weight is 558 g/mol. The van der Waals surface area contributed by atoms with Gasteiger partial charge in [-0.3, -0.25) is 10.1 Å². The average Bonchev–Trinajstić information content (AvgIpc) is 3.17. The number of hydrogen-bond acceptors (Lipinski definition) is 7. The number of rotatable bonds is 7. The number of nitro groups is 1. The summed E-state index contributed by atoms with van der Waals surface area (Å²) in [5.74, 6) is 0.392. The van der Waals surface area contributed by atoms with Crippen LogP contribution >= 0.6 is 27.5 Å². The summed E-state index contributed by atoms with van der Waals surface area (Å²) in [6, 6.07) is 15.2. The van der Waals surface area contributed by atoms with Crippen LogP contribution in [-0.2, 0) is 16.1 Å². The Labute approximate surface area is 214 Å². The lowest BCUT2D eigenvalue weighted by Crippen LogP contribution is -2.06. The lowest BCUT2D eigenvalue weighted by molar-refractivity contribution is -0.385. The molecule has 0 atom stereocenters. The highest BCUT2D eigenvalue weighted by molar-refractivity contribution is 9.10. The maximum absolute atomic E-state index is 12.4. The number of hydrogen-bond donors (Lipinski definition) is 0. The van der Waals surface area contributed by atoms with Gasteiger partial charge >= 0.3 is 5.97 Å². The monoisotopic (exact) mass is 556 g/mol. The molecule has 1 aliphatic rings.